The van der Waals surface area contributed by atoms with Gasteiger partial charge >= 0.3 is 0 Å². The lowest BCUT2D eigenvalue weighted by atomic mass is 10.1. The molecule has 0 saturated carbocycles. The Balaban J connectivity index is 2.28. The first-order chi connectivity index (χ1) is 8.58. The highest BCUT2D eigenvalue weighted by Crippen LogP contribution is 2.28. The van der Waals surface area contributed by atoms with E-state index in [0.717, 1.165) is 22.1 Å². The van der Waals surface area contributed by atoms with Gasteiger partial charge in [0.2, 0.25) is 0 Å². The van der Waals surface area contributed by atoms with Crippen molar-refractivity contribution in [3.63, 3.8) is 0 Å². The van der Waals surface area contributed by atoms with Gasteiger partial charge in [-0.2, -0.15) is 0 Å². The van der Waals surface area contributed by atoms with Crippen LogP contribution in [0.1, 0.15) is 22.5 Å². The third-order valence-electron chi connectivity index (χ3n) is 2.64. The summed E-state index contributed by atoms with van der Waals surface area (Å²) in [6.07, 6.45) is 0. The van der Waals surface area contributed by atoms with Crippen molar-refractivity contribution in [3.8, 4) is 0 Å². The van der Waals surface area contributed by atoms with Crippen LogP contribution >= 0.6 is 11.8 Å². The van der Waals surface area contributed by atoms with Gasteiger partial charge in [0.25, 0.3) is 0 Å². The van der Waals surface area contributed by atoms with Crippen LogP contribution in [0.15, 0.2) is 34.3 Å². The van der Waals surface area contributed by atoms with Crippen LogP contribution in [0.3, 0.4) is 0 Å². The van der Waals surface area contributed by atoms with Crippen molar-refractivity contribution < 1.29 is 0 Å². The van der Waals surface area contributed by atoms with E-state index in [4.69, 9.17) is 5.73 Å². The first-order valence-electron chi connectivity index (χ1n) is 5.88. The molecule has 2 aromatic rings. The highest BCUT2D eigenvalue weighted by Gasteiger charge is 2.05. The third kappa shape index (κ3) is 3.09. The smallest absolute Gasteiger partial charge is 0.192 e. The van der Waals surface area contributed by atoms with Gasteiger partial charge in [-0.15, -0.1) is 0 Å². The molecule has 0 atom stereocenters. The number of hydrogen-bond donors (Lipinski definition) is 1. The Morgan fingerprint density at radius 2 is 1.72 bits per heavy atom. The number of aryl methyl sites for hydroxylation is 3. The molecule has 0 aliphatic heterocycles. The molecule has 4 heteroatoms. The van der Waals surface area contributed by atoms with E-state index < -0.39 is 0 Å². The van der Waals surface area contributed by atoms with Gasteiger partial charge in [-0.1, -0.05) is 12.1 Å². The second-order valence-corrected chi connectivity index (χ2v) is 5.35. The second-order valence-electron chi connectivity index (χ2n) is 4.34. The van der Waals surface area contributed by atoms with Crippen LogP contribution in [0.25, 0.3) is 0 Å². The normalized spacial score (nSPS) is 10.7. The van der Waals surface area contributed by atoms with E-state index in [9.17, 15) is 0 Å². The number of rotatable bonds is 3. The maximum atomic E-state index is 5.63. The predicted molar refractivity (Wildman–Crippen MR) is 74.7 cm³/mol. The molecule has 0 aliphatic rings. The van der Waals surface area contributed by atoms with Crippen LogP contribution in [0.2, 0.25) is 0 Å². The Bertz CT molecular complexity index is 547. The minimum atomic E-state index is 0.575. The number of aromatic nitrogens is 2. The summed E-state index contributed by atoms with van der Waals surface area (Å²) in [6, 6.07) is 8.24. The maximum absolute atomic E-state index is 5.63. The summed E-state index contributed by atoms with van der Waals surface area (Å²) in [7, 11) is 0. The fourth-order valence-electron chi connectivity index (χ4n) is 1.79. The zero-order valence-corrected chi connectivity index (χ0v) is 11.7. The summed E-state index contributed by atoms with van der Waals surface area (Å²) in [6.45, 7) is 6.64. The SMILES string of the molecule is Cc1cc(C)nc(Sc2ccc(CN)cc2C)n1. The number of benzene rings is 1. The van der Waals surface area contributed by atoms with Crippen LogP contribution in [-0.4, -0.2) is 9.97 Å². The van der Waals surface area contributed by atoms with Gasteiger partial charge in [0.1, 0.15) is 0 Å². The summed E-state index contributed by atoms with van der Waals surface area (Å²) < 4.78 is 0. The zero-order chi connectivity index (χ0) is 13.1. The minimum Gasteiger partial charge on any atom is -0.326 e. The predicted octanol–water partition coefficient (Wildman–Crippen LogP) is 3.01. The molecule has 3 nitrogen and oxygen atoms in total. The van der Waals surface area contributed by atoms with E-state index in [1.165, 1.54) is 10.5 Å². The van der Waals surface area contributed by atoms with Crippen molar-refractivity contribution >= 4 is 11.8 Å². The highest BCUT2D eigenvalue weighted by molar-refractivity contribution is 7.99. The number of hydrogen-bond acceptors (Lipinski definition) is 4. The largest absolute Gasteiger partial charge is 0.326 e. The molecular weight excluding hydrogens is 242 g/mol. The van der Waals surface area contributed by atoms with Gasteiger partial charge in [0.15, 0.2) is 5.16 Å². The molecule has 0 unspecified atom stereocenters. The van der Waals surface area contributed by atoms with Crippen LogP contribution in [0, 0.1) is 20.8 Å². The minimum absolute atomic E-state index is 0.575. The second kappa shape index (κ2) is 5.50. The molecule has 18 heavy (non-hydrogen) atoms. The van der Waals surface area contributed by atoms with Crippen LogP contribution in [-0.2, 0) is 6.54 Å². The molecule has 0 fully saturated rings. The molecule has 1 aromatic heterocycles. The Kier molecular flexibility index (Phi) is 3.99. The third-order valence-corrected chi connectivity index (χ3v) is 3.68. The van der Waals surface area contributed by atoms with Gasteiger partial charge in [0.05, 0.1) is 0 Å². The maximum Gasteiger partial charge on any atom is 0.192 e. The molecule has 0 bridgehead atoms. The van der Waals surface area contributed by atoms with Gasteiger partial charge in [-0.25, -0.2) is 9.97 Å². The zero-order valence-electron chi connectivity index (χ0n) is 10.9. The van der Waals surface area contributed by atoms with Gasteiger partial charge in [0, 0.05) is 22.8 Å². The first kappa shape index (κ1) is 13.1. The van der Waals surface area contributed by atoms with Crippen LogP contribution in [0.5, 0.6) is 0 Å². The Morgan fingerprint density at radius 1 is 1.06 bits per heavy atom. The molecule has 1 aromatic carbocycles. The van der Waals surface area contributed by atoms with Crippen molar-refractivity contribution in [3.05, 3.63) is 46.8 Å². The average Bonchev–Trinajstić information content (AvgIpc) is 2.30. The number of nitrogens with zero attached hydrogens (tertiary/aromatic N) is 2. The molecule has 94 valence electrons. The lowest BCUT2D eigenvalue weighted by Gasteiger charge is -2.07. The highest BCUT2D eigenvalue weighted by atomic mass is 32.2. The van der Waals surface area contributed by atoms with E-state index in [2.05, 4.69) is 35.1 Å². The van der Waals surface area contributed by atoms with E-state index in [0.29, 0.717) is 6.54 Å². The summed E-state index contributed by atoms with van der Waals surface area (Å²) in [5, 5.41) is 0.802. The van der Waals surface area contributed by atoms with Gasteiger partial charge in [-0.05, 0) is 55.8 Å². The Labute approximate surface area is 112 Å². The molecule has 2 N–H and O–H groups in total. The van der Waals surface area contributed by atoms with Crippen molar-refractivity contribution in [2.75, 3.05) is 0 Å². The van der Waals surface area contributed by atoms with Crippen molar-refractivity contribution in [1.82, 2.24) is 9.97 Å². The molecule has 1 heterocycles. The molecule has 0 amide bonds. The topological polar surface area (TPSA) is 51.8 Å². The Morgan fingerprint density at radius 3 is 2.28 bits per heavy atom. The molecular formula is C14H17N3S. The van der Waals surface area contributed by atoms with Crippen LogP contribution < -0.4 is 5.73 Å². The van der Waals surface area contributed by atoms with Gasteiger partial charge in [-0.3, -0.25) is 0 Å². The molecule has 0 spiro atoms. The monoisotopic (exact) mass is 259 g/mol. The lowest BCUT2D eigenvalue weighted by Crippen LogP contribution is -1.97. The fourth-order valence-corrected chi connectivity index (χ4v) is 2.72. The summed E-state index contributed by atoms with van der Waals surface area (Å²) >= 11 is 1.60. The molecule has 0 radical (unpaired) electrons. The van der Waals surface area contributed by atoms with E-state index in [1.54, 1.807) is 11.8 Å². The van der Waals surface area contributed by atoms with Crippen LogP contribution in [0.4, 0.5) is 0 Å². The lowest BCUT2D eigenvalue weighted by molar-refractivity contribution is 0.901. The van der Waals surface area contributed by atoms with Crippen molar-refractivity contribution in [2.24, 2.45) is 5.73 Å². The molecule has 2 rings (SSSR count). The standard InChI is InChI=1S/C14H17N3S/c1-9-6-12(8-15)4-5-13(9)18-14-16-10(2)7-11(3)17-14/h4-7H,8,15H2,1-3H3. The fraction of sp³-hybridized carbons (Fsp3) is 0.286. The molecule has 0 aliphatic carbocycles. The Hall–Kier alpha value is -1.39. The van der Waals surface area contributed by atoms with Gasteiger partial charge < -0.3 is 5.73 Å². The van der Waals surface area contributed by atoms with E-state index >= 15 is 0 Å². The van der Waals surface area contributed by atoms with Crippen molar-refractivity contribution in [1.29, 1.82) is 0 Å². The average molecular weight is 259 g/mol. The number of nitrogens with two attached hydrogens (primary N) is 1. The summed E-state index contributed by atoms with van der Waals surface area (Å²) in [5.74, 6) is 0. The van der Waals surface area contributed by atoms with E-state index in [-0.39, 0.29) is 0 Å². The molecule has 0 saturated heterocycles. The van der Waals surface area contributed by atoms with Crippen molar-refractivity contribution in [2.45, 2.75) is 37.4 Å². The summed E-state index contributed by atoms with van der Waals surface area (Å²) in [4.78, 5) is 10.1. The van der Waals surface area contributed by atoms with E-state index in [1.807, 2.05) is 19.9 Å². The quantitative estimate of drug-likeness (QED) is 0.861. The first-order valence-corrected chi connectivity index (χ1v) is 6.70. The summed E-state index contributed by atoms with van der Waals surface area (Å²) in [5.41, 5.74) is 10.00.